The zero-order chi connectivity index (χ0) is 19.4. The van der Waals surface area contributed by atoms with Crippen LogP contribution in [0.5, 0.6) is 0 Å². The summed E-state index contributed by atoms with van der Waals surface area (Å²) in [5.41, 5.74) is 4.54. The summed E-state index contributed by atoms with van der Waals surface area (Å²) in [4.78, 5) is 31.9. The summed E-state index contributed by atoms with van der Waals surface area (Å²) >= 11 is 0. The number of benzene rings is 1. The van der Waals surface area contributed by atoms with Crippen molar-refractivity contribution in [2.75, 3.05) is 26.2 Å². The molecule has 0 saturated carbocycles. The van der Waals surface area contributed by atoms with Gasteiger partial charge in [0.05, 0.1) is 12.8 Å². The monoisotopic (exact) mass is 367 g/mol. The molecule has 0 radical (unpaired) electrons. The molecule has 1 aromatic carbocycles. The lowest BCUT2D eigenvalue weighted by atomic mass is 9.96. The second-order valence-corrected chi connectivity index (χ2v) is 7.68. The van der Waals surface area contributed by atoms with E-state index in [4.69, 9.17) is 0 Å². The maximum atomic E-state index is 12.8. The number of aromatic amines is 1. The molecule has 5 heteroatoms. The summed E-state index contributed by atoms with van der Waals surface area (Å²) in [5, 5.41) is 0. The van der Waals surface area contributed by atoms with Crippen molar-refractivity contribution in [1.29, 1.82) is 0 Å². The van der Waals surface area contributed by atoms with E-state index < -0.39 is 0 Å². The Morgan fingerprint density at radius 2 is 1.63 bits per heavy atom. The van der Waals surface area contributed by atoms with Crippen LogP contribution in [0, 0.1) is 6.92 Å². The van der Waals surface area contributed by atoms with Gasteiger partial charge in [-0.3, -0.25) is 9.59 Å². The molecule has 1 N–H and O–H groups in total. The van der Waals surface area contributed by atoms with Crippen molar-refractivity contribution < 1.29 is 9.59 Å². The fourth-order valence-electron chi connectivity index (χ4n) is 3.48. The van der Waals surface area contributed by atoms with E-state index in [0.717, 1.165) is 16.7 Å². The van der Waals surface area contributed by atoms with Gasteiger partial charge in [0.15, 0.2) is 0 Å². The zero-order valence-electron chi connectivity index (χ0n) is 16.5. The molecule has 2 heterocycles. The summed E-state index contributed by atoms with van der Waals surface area (Å²) in [7, 11) is 0. The Balaban J connectivity index is 1.54. The van der Waals surface area contributed by atoms with Crippen molar-refractivity contribution >= 4 is 11.8 Å². The van der Waals surface area contributed by atoms with Gasteiger partial charge in [0, 0.05) is 38.6 Å². The molecule has 144 valence electrons. The van der Waals surface area contributed by atoms with Crippen LogP contribution in [0.25, 0.3) is 0 Å². The molecule has 0 bridgehead atoms. The number of rotatable bonds is 5. The van der Waals surface area contributed by atoms with Crippen molar-refractivity contribution in [1.82, 2.24) is 14.8 Å². The first-order chi connectivity index (χ1) is 12.9. The van der Waals surface area contributed by atoms with Crippen LogP contribution in [0.1, 0.15) is 42.0 Å². The molecule has 2 aromatic rings. The van der Waals surface area contributed by atoms with Crippen molar-refractivity contribution in [3.05, 3.63) is 58.9 Å². The average molecular weight is 367 g/mol. The van der Waals surface area contributed by atoms with Crippen LogP contribution in [0.2, 0.25) is 0 Å². The fourth-order valence-corrected chi connectivity index (χ4v) is 3.48. The maximum Gasteiger partial charge on any atom is 0.227 e. The largest absolute Gasteiger partial charge is 0.367 e. The normalized spacial score (nSPS) is 14.7. The summed E-state index contributed by atoms with van der Waals surface area (Å²) in [6, 6.07) is 8.33. The topological polar surface area (TPSA) is 56.4 Å². The second kappa shape index (κ2) is 8.42. The predicted molar refractivity (Wildman–Crippen MR) is 107 cm³/mol. The number of carbonyl (C=O) groups is 2. The number of amides is 2. The summed E-state index contributed by atoms with van der Waals surface area (Å²) in [5.74, 6) is 0.730. The van der Waals surface area contributed by atoms with Gasteiger partial charge in [0.25, 0.3) is 0 Å². The van der Waals surface area contributed by atoms with Gasteiger partial charge in [0.1, 0.15) is 0 Å². The van der Waals surface area contributed by atoms with Gasteiger partial charge >= 0.3 is 0 Å². The Kier molecular flexibility index (Phi) is 5.99. The Bertz CT molecular complexity index is 788. The highest BCUT2D eigenvalue weighted by Crippen LogP contribution is 2.20. The Morgan fingerprint density at radius 1 is 1.00 bits per heavy atom. The van der Waals surface area contributed by atoms with E-state index in [1.807, 2.05) is 28.3 Å². The molecule has 5 nitrogen and oxygen atoms in total. The standard InChI is InChI=1S/C22H29N3O2/c1-16(2)19-5-4-17(3)20(13-19)14-22(27)25-10-8-24(9-11-25)21(26)12-18-6-7-23-15-18/h4-7,13,15-16,23H,8-12,14H2,1-3H3. The van der Waals surface area contributed by atoms with Crippen LogP contribution in [0.15, 0.2) is 36.7 Å². The fraction of sp³-hybridized carbons (Fsp3) is 0.455. The third kappa shape index (κ3) is 4.79. The molecule has 1 aliphatic heterocycles. The first-order valence-electron chi connectivity index (χ1n) is 9.70. The van der Waals surface area contributed by atoms with E-state index in [-0.39, 0.29) is 11.8 Å². The minimum Gasteiger partial charge on any atom is -0.367 e. The SMILES string of the molecule is Cc1ccc(C(C)C)cc1CC(=O)N1CCN(C(=O)Cc2cc[nH]c2)CC1. The molecule has 0 aliphatic carbocycles. The van der Waals surface area contributed by atoms with E-state index in [0.29, 0.717) is 44.9 Å². The van der Waals surface area contributed by atoms with E-state index in [9.17, 15) is 9.59 Å². The van der Waals surface area contributed by atoms with Crippen molar-refractivity contribution in [2.45, 2.75) is 39.5 Å². The van der Waals surface area contributed by atoms with Gasteiger partial charge in [-0.05, 0) is 41.2 Å². The molecule has 2 amide bonds. The molecular weight excluding hydrogens is 338 g/mol. The van der Waals surface area contributed by atoms with Crippen molar-refractivity contribution in [3.63, 3.8) is 0 Å². The third-order valence-corrected chi connectivity index (χ3v) is 5.38. The number of nitrogens with zero attached hydrogens (tertiary/aromatic N) is 2. The van der Waals surface area contributed by atoms with Crippen LogP contribution in [0.3, 0.4) is 0 Å². The van der Waals surface area contributed by atoms with Crippen LogP contribution < -0.4 is 0 Å². The number of H-pyrrole nitrogens is 1. The Labute approximate surface area is 161 Å². The highest BCUT2D eigenvalue weighted by atomic mass is 16.2. The molecule has 1 fully saturated rings. The van der Waals surface area contributed by atoms with Crippen molar-refractivity contribution in [2.24, 2.45) is 0 Å². The van der Waals surface area contributed by atoms with Gasteiger partial charge in [-0.15, -0.1) is 0 Å². The second-order valence-electron chi connectivity index (χ2n) is 7.68. The van der Waals surface area contributed by atoms with E-state index in [2.05, 4.69) is 44.0 Å². The minimum atomic E-state index is 0.127. The lowest BCUT2D eigenvalue weighted by molar-refractivity contribution is -0.138. The van der Waals surface area contributed by atoms with E-state index in [1.165, 1.54) is 5.56 Å². The zero-order valence-corrected chi connectivity index (χ0v) is 16.5. The summed E-state index contributed by atoms with van der Waals surface area (Å²) in [6.45, 7) is 8.84. The number of aryl methyl sites for hydroxylation is 1. The van der Waals surface area contributed by atoms with Gasteiger partial charge in [-0.25, -0.2) is 0 Å². The van der Waals surface area contributed by atoms with E-state index >= 15 is 0 Å². The molecular formula is C22H29N3O2. The molecule has 0 spiro atoms. The van der Waals surface area contributed by atoms with Gasteiger partial charge in [-0.2, -0.15) is 0 Å². The lowest BCUT2D eigenvalue weighted by Gasteiger charge is -2.35. The Hall–Kier alpha value is -2.56. The van der Waals surface area contributed by atoms with Crippen molar-refractivity contribution in [3.8, 4) is 0 Å². The molecule has 0 unspecified atom stereocenters. The van der Waals surface area contributed by atoms with Gasteiger partial charge < -0.3 is 14.8 Å². The van der Waals surface area contributed by atoms with Gasteiger partial charge in [0.2, 0.25) is 11.8 Å². The van der Waals surface area contributed by atoms with Crippen LogP contribution in [-0.2, 0) is 22.4 Å². The van der Waals surface area contributed by atoms with Crippen LogP contribution in [-0.4, -0.2) is 52.8 Å². The minimum absolute atomic E-state index is 0.127. The quantitative estimate of drug-likeness (QED) is 0.883. The number of aromatic nitrogens is 1. The lowest BCUT2D eigenvalue weighted by Crippen LogP contribution is -2.51. The molecule has 1 saturated heterocycles. The molecule has 3 rings (SSSR count). The highest BCUT2D eigenvalue weighted by molar-refractivity contribution is 5.81. The molecule has 1 aliphatic rings. The first-order valence-corrected chi connectivity index (χ1v) is 9.70. The number of piperazine rings is 1. The number of hydrogen-bond donors (Lipinski definition) is 1. The predicted octanol–water partition coefficient (Wildman–Crippen LogP) is 2.90. The molecule has 1 aromatic heterocycles. The van der Waals surface area contributed by atoms with E-state index in [1.54, 1.807) is 0 Å². The molecule has 27 heavy (non-hydrogen) atoms. The number of nitrogens with one attached hydrogen (secondary N) is 1. The van der Waals surface area contributed by atoms with Crippen LogP contribution >= 0.6 is 0 Å². The smallest absolute Gasteiger partial charge is 0.227 e. The van der Waals surface area contributed by atoms with Crippen LogP contribution in [0.4, 0.5) is 0 Å². The first kappa shape index (κ1) is 19.2. The maximum absolute atomic E-state index is 12.8. The summed E-state index contributed by atoms with van der Waals surface area (Å²) < 4.78 is 0. The average Bonchev–Trinajstić information content (AvgIpc) is 3.16. The highest BCUT2D eigenvalue weighted by Gasteiger charge is 2.24. The Morgan fingerprint density at radius 3 is 2.19 bits per heavy atom. The summed E-state index contributed by atoms with van der Waals surface area (Å²) in [6.07, 6.45) is 4.53. The number of carbonyl (C=O) groups excluding carboxylic acids is 2. The van der Waals surface area contributed by atoms with Gasteiger partial charge in [-0.1, -0.05) is 32.0 Å². The molecule has 0 atom stereocenters. The number of hydrogen-bond acceptors (Lipinski definition) is 2. The third-order valence-electron chi connectivity index (χ3n) is 5.38.